The van der Waals surface area contributed by atoms with E-state index in [0.29, 0.717) is 25.7 Å². The number of carbonyl (C=O) groups excluding carboxylic acids is 4. The van der Waals surface area contributed by atoms with Crippen molar-refractivity contribution in [2.75, 3.05) is 39.6 Å². The van der Waals surface area contributed by atoms with Crippen LogP contribution in [0.5, 0.6) is 0 Å². The van der Waals surface area contributed by atoms with Crippen LogP contribution in [0, 0.1) is 11.8 Å². The summed E-state index contributed by atoms with van der Waals surface area (Å²) in [6, 6.07) is 0. The Labute approximate surface area is 562 Å². The summed E-state index contributed by atoms with van der Waals surface area (Å²) in [7, 11) is -9.90. The summed E-state index contributed by atoms with van der Waals surface area (Å²) in [6.45, 7) is 9.58. The van der Waals surface area contributed by atoms with Gasteiger partial charge in [0.15, 0.2) is 12.2 Å². The van der Waals surface area contributed by atoms with Crippen molar-refractivity contribution in [3.05, 3.63) is 0 Å². The Balaban J connectivity index is 5.20. The van der Waals surface area contributed by atoms with E-state index in [0.717, 1.165) is 108 Å². The molecule has 0 aliphatic carbocycles. The molecule has 0 aromatic carbocycles. The Bertz CT molecular complexity index is 1790. The van der Waals surface area contributed by atoms with Crippen molar-refractivity contribution < 1.29 is 80.2 Å². The first-order valence-corrected chi connectivity index (χ1v) is 41.0. The molecule has 0 bridgehead atoms. The first-order valence-electron chi connectivity index (χ1n) is 38.0. The van der Waals surface area contributed by atoms with Gasteiger partial charge in [-0.2, -0.15) is 0 Å². The van der Waals surface area contributed by atoms with E-state index >= 15 is 0 Å². The molecule has 0 rings (SSSR count). The van der Waals surface area contributed by atoms with Crippen molar-refractivity contribution in [1.29, 1.82) is 0 Å². The molecule has 0 saturated heterocycles. The number of carbonyl (C=O) groups is 4. The number of hydrogen-bond donors (Lipinski definition) is 3. The smallest absolute Gasteiger partial charge is 0.462 e. The molecule has 0 aromatic heterocycles. The number of phosphoric ester groups is 2. The zero-order valence-corrected chi connectivity index (χ0v) is 61.6. The second kappa shape index (κ2) is 65.0. The maximum absolute atomic E-state index is 13.1. The van der Waals surface area contributed by atoms with Crippen LogP contribution >= 0.6 is 15.6 Å². The zero-order valence-electron chi connectivity index (χ0n) is 59.9. The van der Waals surface area contributed by atoms with Crippen LogP contribution < -0.4 is 0 Å². The highest BCUT2D eigenvalue weighted by molar-refractivity contribution is 7.47. The van der Waals surface area contributed by atoms with Crippen molar-refractivity contribution in [3.8, 4) is 0 Å². The molecule has 0 spiro atoms. The molecule has 0 heterocycles. The van der Waals surface area contributed by atoms with Gasteiger partial charge >= 0.3 is 39.5 Å². The molecule has 0 amide bonds. The second-order valence-electron chi connectivity index (χ2n) is 27.3. The first kappa shape index (κ1) is 90.1. The summed E-state index contributed by atoms with van der Waals surface area (Å²) in [4.78, 5) is 72.5. The fourth-order valence-corrected chi connectivity index (χ4v) is 12.7. The highest BCUT2D eigenvalue weighted by Crippen LogP contribution is 2.45. The van der Waals surface area contributed by atoms with Gasteiger partial charge in [0.2, 0.25) is 0 Å². The summed E-state index contributed by atoms with van der Waals surface area (Å²) in [6.07, 6.45) is 51.4. The molecular formula is C73H142O17P2. The summed E-state index contributed by atoms with van der Waals surface area (Å²) in [5.41, 5.74) is 0. The minimum atomic E-state index is -4.95. The van der Waals surface area contributed by atoms with Gasteiger partial charge in [-0.15, -0.1) is 0 Å². The molecular weight excluding hydrogens is 1210 g/mol. The standard InChI is InChI=1S/C73H142O17P2/c1-7-9-11-13-15-17-32-39-45-51-57-72(77)89-68(61-83-70(75)55-49-43-37-16-14-12-10-8-2)63-87-91(79,80)85-59-67(74)60-86-92(81,82)88-64-69(90-73(78)58-52-46-40-34-29-25-21-19-23-27-31-36-42-48-54-66(5)6)62-84-71(76)56-50-44-38-33-28-24-20-18-22-26-30-35-41-47-53-65(3)4/h65-69,74H,7-64H2,1-6H3,(H,79,80)(H,81,82)/t67-,68+,69+/m0/s1. The third-order valence-electron chi connectivity index (χ3n) is 17.0. The predicted molar refractivity (Wildman–Crippen MR) is 372 cm³/mol. The van der Waals surface area contributed by atoms with Gasteiger partial charge in [-0.3, -0.25) is 37.3 Å². The predicted octanol–water partition coefficient (Wildman–Crippen LogP) is 21.2. The Morgan fingerprint density at radius 3 is 0.739 bits per heavy atom. The van der Waals surface area contributed by atoms with Crippen LogP contribution in [-0.2, 0) is 65.4 Å². The van der Waals surface area contributed by atoms with Crippen LogP contribution in [0.2, 0.25) is 0 Å². The lowest BCUT2D eigenvalue weighted by Gasteiger charge is -2.21. The van der Waals surface area contributed by atoms with Gasteiger partial charge in [0, 0.05) is 25.7 Å². The van der Waals surface area contributed by atoms with Crippen molar-refractivity contribution in [2.24, 2.45) is 11.8 Å². The average Bonchev–Trinajstić information content (AvgIpc) is 1.66. The maximum Gasteiger partial charge on any atom is 0.472 e. The van der Waals surface area contributed by atoms with Crippen LogP contribution in [0.25, 0.3) is 0 Å². The third kappa shape index (κ3) is 66.7. The molecule has 0 aliphatic heterocycles. The molecule has 546 valence electrons. The molecule has 5 atom stereocenters. The summed E-state index contributed by atoms with van der Waals surface area (Å²) >= 11 is 0. The van der Waals surface area contributed by atoms with Gasteiger partial charge < -0.3 is 33.8 Å². The van der Waals surface area contributed by atoms with E-state index in [-0.39, 0.29) is 25.7 Å². The van der Waals surface area contributed by atoms with Crippen molar-refractivity contribution in [3.63, 3.8) is 0 Å². The summed E-state index contributed by atoms with van der Waals surface area (Å²) in [5, 5.41) is 10.6. The van der Waals surface area contributed by atoms with Crippen LogP contribution in [0.4, 0.5) is 0 Å². The molecule has 0 radical (unpaired) electrons. The lowest BCUT2D eigenvalue weighted by molar-refractivity contribution is -0.161. The molecule has 92 heavy (non-hydrogen) atoms. The minimum absolute atomic E-state index is 0.106. The maximum atomic E-state index is 13.1. The van der Waals surface area contributed by atoms with Gasteiger partial charge in [-0.25, -0.2) is 9.13 Å². The largest absolute Gasteiger partial charge is 0.472 e. The number of aliphatic hydroxyl groups is 1. The quantitative estimate of drug-likeness (QED) is 0.0222. The number of phosphoric acid groups is 2. The molecule has 2 unspecified atom stereocenters. The molecule has 0 fully saturated rings. The molecule has 0 saturated carbocycles. The van der Waals surface area contributed by atoms with Gasteiger partial charge in [0.1, 0.15) is 19.3 Å². The Morgan fingerprint density at radius 2 is 0.500 bits per heavy atom. The van der Waals surface area contributed by atoms with Crippen LogP contribution in [0.1, 0.15) is 375 Å². The topological polar surface area (TPSA) is 237 Å². The molecule has 19 heteroatoms. The van der Waals surface area contributed by atoms with Crippen molar-refractivity contribution in [1.82, 2.24) is 0 Å². The normalized spacial score (nSPS) is 14.1. The number of hydrogen-bond acceptors (Lipinski definition) is 15. The summed E-state index contributed by atoms with van der Waals surface area (Å²) in [5.74, 6) is -0.528. The van der Waals surface area contributed by atoms with Gasteiger partial charge in [0.25, 0.3) is 0 Å². The molecule has 0 aromatic rings. The van der Waals surface area contributed by atoms with E-state index in [1.807, 2.05) is 0 Å². The van der Waals surface area contributed by atoms with Gasteiger partial charge in [-0.05, 0) is 37.5 Å². The first-order chi connectivity index (χ1) is 44.4. The summed E-state index contributed by atoms with van der Waals surface area (Å²) < 4.78 is 68.3. The van der Waals surface area contributed by atoms with Crippen LogP contribution in [-0.4, -0.2) is 96.7 Å². The monoisotopic (exact) mass is 1350 g/mol. The highest BCUT2D eigenvalue weighted by Gasteiger charge is 2.30. The lowest BCUT2D eigenvalue weighted by Crippen LogP contribution is -2.30. The fourth-order valence-electron chi connectivity index (χ4n) is 11.1. The van der Waals surface area contributed by atoms with Gasteiger partial charge in [0.05, 0.1) is 26.4 Å². The minimum Gasteiger partial charge on any atom is -0.462 e. The van der Waals surface area contributed by atoms with Crippen LogP contribution in [0.3, 0.4) is 0 Å². The highest BCUT2D eigenvalue weighted by atomic mass is 31.2. The zero-order chi connectivity index (χ0) is 67.9. The second-order valence-corrected chi connectivity index (χ2v) is 30.2. The Morgan fingerprint density at radius 1 is 0.293 bits per heavy atom. The van der Waals surface area contributed by atoms with E-state index in [1.165, 1.54) is 186 Å². The number of ether oxygens (including phenoxy) is 4. The van der Waals surface area contributed by atoms with E-state index in [2.05, 4.69) is 41.5 Å². The number of aliphatic hydroxyl groups excluding tert-OH is 1. The Hall–Kier alpha value is -1.94. The van der Waals surface area contributed by atoms with Crippen LogP contribution in [0.15, 0.2) is 0 Å². The average molecular weight is 1350 g/mol. The number of esters is 4. The van der Waals surface area contributed by atoms with Crippen molar-refractivity contribution in [2.45, 2.75) is 394 Å². The van der Waals surface area contributed by atoms with Crippen molar-refractivity contribution >= 4 is 39.5 Å². The van der Waals surface area contributed by atoms with E-state index in [9.17, 15) is 43.2 Å². The third-order valence-corrected chi connectivity index (χ3v) is 18.9. The SMILES string of the molecule is CCCCCCCCCCCCC(=O)O[C@H](COC(=O)CCCCCCCCCC)COP(=O)(O)OC[C@H](O)COP(=O)(O)OC[C@@H](COC(=O)CCCCCCCCCCCCCCCCC(C)C)OC(=O)CCCCCCCCCCCCCCCCC(C)C. The molecule has 17 nitrogen and oxygen atoms in total. The Kier molecular flexibility index (Phi) is 63.7. The molecule has 3 N–H and O–H groups in total. The van der Waals surface area contributed by atoms with E-state index in [4.69, 9.17) is 37.0 Å². The molecule has 0 aliphatic rings. The number of unbranched alkanes of at least 4 members (excludes halogenated alkanes) is 42. The lowest BCUT2D eigenvalue weighted by atomic mass is 10.0. The number of rotatable bonds is 72. The van der Waals surface area contributed by atoms with Gasteiger partial charge in [-0.1, -0.05) is 324 Å². The fraction of sp³-hybridized carbons (Fsp3) is 0.945. The van der Waals surface area contributed by atoms with E-state index < -0.39 is 97.5 Å². The van der Waals surface area contributed by atoms with E-state index in [1.54, 1.807) is 0 Å².